The predicted molar refractivity (Wildman–Crippen MR) is 80.8 cm³/mol. The van der Waals surface area contributed by atoms with E-state index in [-0.39, 0.29) is 11.8 Å². The Morgan fingerprint density at radius 1 is 1.40 bits per heavy atom. The van der Waals surface area contributed by atoms with Crippen molar-refractivity contribution in [1.82, 2.24) is 10.3 Å². The number of aryl methyl sites for hydroxylation is 1. The zero-order chi connectivity index (χ0) is 14.5. The molecule has 0 saturated heterocycles. The summed E-state index contributed by atoms with van der Waals surface area (Å²) in [5.74, 6) is 0.683. The van der Waals surface area contributed by atoms with Gasteiger partial charge in [0.2, 0.25) is 0 Å². The molecular weight excluding hydrogens is 320 g/mol. The van der Waals surface area contributed by atoms with Crippen LogP contribution in [0.1, 0.15) is 41.6 Å². The number of hydrogen-bond donors (Lipinski definition) is 1. The van der Waals surface area contributed by atoms with Gasteiger partial charge in [-0.25, -0.2) is 4.98 Å². The Kier molecular flexibility index (Phi) is 4.95. The molecular formula is C15H17BrN2O2. The highest BCUT2D eigenvalue weighted by Gasteiger charge is 2.16. The second kappa shape index (κ2) is 6.70. The number of amides is 1. The summed E-state index contributed by atoms with van der Waals surface area (Å²) in [7, 11) is 0. The minimum Gasteiger partial charge on any atom is -0.448 e. The van der Waals surface area contributed by atoms with Gasteiger partial charge in [-0.1, -0.05) is 41.9 Å². The van der Waals surface area contributed by atoms with Gasteiger partial charge in [0.1, 0.15) is 5.76 Å². The molecule has 0 aliphatic rings. The first-order valence-electron chi connectivity index (χ1n) is 6.57. The summed E-state index contributed by atoms with van der Waals surface area (Å²) < 4.78 is 6.21. The third kappa shape index (κ3) is 3.48. The number of carbonyl (C=O) groups is 1. The fourth-order valence-electron chi connectivity index (χ4n) is 1.95. The number of nitrogens with one attached hydrogen (secondary N) is 1. The summed E-state index contributed by atoms with van der Waals surface area (Å²) in [5, 5.41) is 2.90. The molecule has 4 nitrogen and oxygen atoms in total. The van der Waals surface area contributed by atoms with Gasteiger partial charge in [0.05, 0.1) is 0 Å². The summed E-state index contributed by atoms with van der Waals surface area (Å²) in [6, 6.07) is 8.10. The third-order valence-electron chi connectivity index (χ3n) is 3.18. The first-order valence-corrected chi connectivity index (χ1v) is 7.37. The fourth-order valence-corrected chi connectivity index (χ4v) is 2.21. The van der Waals surface area contributed by atoms with Crippen molar-refractivity contribution in [3.05, 3.63) is 52.1 Å². The number of halogens is 1. The van der Waals surface area contributed by atoms with E-state index in [0.29, 0.717) is 24.4 Å². The molecule has 106 valence electrons. The number of oxazole rings is 1. The average molecular weight is 337 g/mol. The van der Waals surface area contributed by atoms with Gasteiger partial charge in [-0.3, -0.25) is 4.79 Å². The van der Waals surface area contributed by atoms with Crippen LogP contribution < -0.4 is 5.32 Å². The minimum atomic E-state index is -0.181. The molecule has 2 rings (SSSR count). The summed E-state index contributed by atoms with van der Waals surface area (Å²) in [4.78, 5) is 16.0. The highest BCUT2D eigenvalue weighted by molar-refractivity contribution is 9.10. The SMILES string of the molecule is CCc1ocnc1C(=O)NCC(C)c1ccc(Br)cc1. The van der Waals surface area contributed by atoms with Gasteiger partial charge in [0.15, 0.2) is 12.1 Å². The van der Waals surface area contributed by atoms with Gasteiger partial charge in [-0.2, -0.15) is 0 Å². The van der Waals surface area contributed by atoms with E-state index in [1.54, 1.807) is 0 Å². The second-order valence-electron chi connectivity index (χ2n) is 4.64. The zero-order valence-electron chi connectivity index (χ0n) is 11.5. The molecule has 0 aliphatic heterocycles. The van der Waals surface area contributed by atoms with Crippen molar-refractivity contribution < 1.29 is 9.21 Å². The Labute approximate surface area is 126 Å². The molecule has 5 heteroatoms. The van der Waals surface area contributed by atoms with E-state index in [4.69, 9.17) is 4.42 Å². The molecule has 0 fully saturated rings. The van der Waals surface area contributed by atoms with Gasteiger partial charge in [-0.15, -0.1) is 0 Å². The highest BCUT2D eigenvalue weighted by atomic mass is 79.9. The minimum absolute atomic E-state index is 0.181. The van der Waals surface area contributed by atoms with Gasteiger partial charge >= 0.3 is 0 Å². The molecule has 1 aromatic heterocycles. The Hall–Kier alpha value is -1.62. The van der Waals surface area contributed by atoms with Crippen LogP contribution >= 0.6 is 15.9 Å². The van der Waals surface area contributed by atoms with Crippen LogP contribution in [0.4, 0.5) is 0 Å². The van der Waals surface area contributed by atoms with Crippen LogP contribution in [0.15, 0.2) is 39.5 Å². The molecule has 1 aromatic carbocycles. The summed E-state index contributed by atoms with van der Waals surface area (Å²) in [5.41, 5.74) is 1.57. The van der Waals surface area contributed by atoms with E-state index >= 15 is 0 Å². The molecule has 0 aliphatic carbocycles. The molecule has 2 aromatic rings. The van der Waals surface area contributed by atoms with Crippen LogP contribution in [0.5, 0.6) is 0 Å². The van der Waals surface area contributed by atoms with Crippen molar-refractivity contribution in [2.24, 2.45) is 0 Å². The van der Waals surface area contributed by atoms with Crippen LogP contribution in [-0.2, 0) is 6.42 Å². The fraction of sp³-hybridized carbons (Fsp3) is 0.333. The molecule has 0 radical (unpaired) electrons. The van der Waals surface area contributed by atoms with E-state index in [1.165, 1.54) is 12.0 Å². The van der Waals surface area contributed by atoms with Crippen LogP contribution in [0.3, 0.4) is 0 Å². The number of rotatable bonds is 5. The second-order valence-corrected chi connectivity index (χ2v) is 5.56. The first kappa shape index (κ1) is 14.8. The lowest BCUT2D eigenvalue weighted by Gasteiger charge is -2.12. The largest absolute Gasteiger partial charge is 0.448 e. The maximum absolute atomic E-state index is 12.0. The Morgan fingerprint density at radius 2 is 2.10 bits per heavy atom. The lowest BCUT2D eigenvalue weighted by Crippen LogP contribution is -2.28. The molecule has 1 unspecified atom stereocenters. The number of hydrogen-bond acceptors (Lipinski definition) is 3. The van der Waals surface area contributed by atoms with Crippen LogP contribution in [-0.4, -0.2) is 17.4 Å². The number of aromatic nitrogens is 1. The van der Waals surface area contributed by atoms with Crippen molar-refractivity contribution in [1.29, 1.82) is 0 Å². The summed E-state index contributed by atoms with van der Waals surface area (Å²) in [6.45, 7) is 4.57. The molecule has 1 heterocycles. The molecule has 1 atom stereocenters. The lowest BCUT2D eigenvalue weighted by atomic mass is 10.0. The lowest BCUT2D eigenvalue weighted by molar-refractivity contribution is 0.0945. The van der Waals surface area contributed by atoms with Crippen molar-refractivity contribution >= 4 is 21.8 Å². The monoisotopic (exact) mass is 336 g/mol. The standard InChI is InChI=1S/C15H17BrN2O2/c1-3-13-14(18-9-20-13)15(19)17-8-10(2)11-4-6-12(16)7-5-11/h4-7,9-10H,3,8H2,1-2H3,(H,17,19). The van der Waals surface area contributed by atoms with Crippen LogP contribution in [0.25, 0.3) is 0 Å². The van der Waals surface area contributed by atoms with Crippen molar-refractivity contribution in [3.8, 4) is 0 Å². The maximum atomic E-state index is 12.0. The van der Waals surface area contributed by atoms with E-state index in [0.717, 1.165) is 4.47 Å². The Bertz CT molecular complexity index is 578. The first-order chi connectivity index (χ1) is 9.61. The van der Waals surface area contributed by atoms with Crippen LogP contribution in [0.2, 0.25) is 0 Å². The van der Waals surface area contributed by atoms with Crippen molar-refractivity contribution in [2.75, 3.05) is 6.54 Å². The zero-order valence-corrected chi connectivity index (χ0v) is 13.1. The molecule has 0 saturated carbocycles. The molecule has 1 N–H and O–H groups in total. The maximum Gasteiger partial charge on any atom is 0.273 e. The van der Waals surface area contributed by atoms with Crippen molar-refractivity contribution in [2.45, 2.75) is 26.2 Å². The Morgan fingerprint density at radius 3 is 2.75 bits per heavy atom. The number of carbonyl (C=O) groups excluding carboxylic acids is 1. The number of nitrogens with zero attached hydrogens (tertiary/aromatic N) is 1. The molecule has 1 amide bonds. The normalized spacial score (nSPS) is 12.2. The van der Waals surface area contributed by atoms with E-state index in [2.05, 4.69) is 45.3 Å². The van der Waals surface area contributed by atoms with Gasteiger partial charge in [-0.05, 0) is 23.6 Å². The van der Waals surface area contributed by atoms with E-state index in [1.807, 2.05) is 19.1 Å². The number of benzene rings is 1. The van der Waals surface area contributed by atoms with Gasteiger partial charge in [0, 0.05) is 17.4 Å². The van der Waals surface area contributed by atoms with Crippen LogP contribution in [0, 0.1) is 0 Å². The van der Waals surface area contributed by atoms with E-state index in [9.17, 15) is 4.79 Å². The molecule has 0 spiro atoms. The van der Waals surface area contributed by atoms with Gasteiger partial charge in [0.25, 0.3) is 5.91 Å². The molecule has 20 heavy (non-hydrogen) atoms. The average Bonchev–Trinajstić information content (AvgIpc) is 2.93. The predicted octanol–water partition coefficient (Wildman–Crippen LogP) is 3.53. The van der Waals surface area contributed by atoms with E-state index < -0.39 is 0 Å². The smallest absolute Gasteiger partial charge is 0.273 e. The topological polar surface area (TPSA) is 55.1 Å². The quantitative estimate of drug-likeness (QED) is 0.908. The summed E-state index contributed by atoms with van der Waals surface area (Å²) in [6.07, 6.45) is 1.97. The third-order valence-corrected chi connectivity index (χ3v) is 3.71. The van der Waals surface area contributed by atoms with Crippen molar-refractivity contribution in [3.63, 3.8) is 0 Å². The highest BCUT2D eigenvalue weighted by Crippen LogP contribution is 2.18. The summed E-state index contributed by atoms with van der Waals surface area (Å²) >= 11 is 3.41. The molecule has 0 bridgehead atoms. The van der Waals surface area contributed by atoms with Gasteiger partial charge < -0.3 is 9.73 Å². The Balaban J connectivity index is 1.95.